The average Bonchev–Trinajstić information content (AvgIpc) is 3.12. The predicted molar refractivity (Wildman–Crippen MR) is 109 cm³/mol. The summed E-state index contributed by atoms with van der Waals surface area (Å²) in [5.41, 5.74) is 0.937. The standard InChI is InChI=1S/C21H17BrF3N3O2/c1-28-11-10-26-20(28)19(13-2-6-16(23)7-3-13)27-18(29)9-4-14-12-15(22)5-8-17(14)30-21(24)25/h2-12,19,21H,1H3,(H,27,29)/b9-4+. The molecule has 5 nitrogen and oxygen atoms in total. The summed E-state index contributed by atoms with van der Waals surface area (Å²) < 4.78 is 45.4. The van der Waals surface area contributed by atoms with Gasteiger partial charge in [0, 0.05) is 35.6 Å². The van der Waals surface area contributed by atoms with Gasteiger partial charge in [-0.2, -0.15) is 8.78 Å². The molecule has 0 saturated carbocycles. The Morgan fingerprint density at radius 2 is 1.97 bits per heavy atom. The van der Waals surface area contributed by atoms with Crippen molar-refractivity contribution in [3.8, 4) is 5.75 Å². The van der Waals surface area contributed by atoms with Crippen molar-refractivity contribution in [2.45, 2.75) is 12.7 Å². The summed E-state index contributed by atoms with van der Waals surface area (Å²) in [6, 6.07) is 9.55. The first-order chi connectivity index (χ1) is 14.3. The van der Waals surface area contributed by atoms with Crippen LogP contribution in [0.5, 0.6) is 5.75 Å². The third kappa shape index (κ3) is 5.50. The van der Waals surface area contributed by atoms with E-state index in [1.165, 1.54) is 30.4 Å². The first kappa shape index (κ1) is 21.6. The number of carbonyl (C=O) groups is 1. The summed E-state index contributed by atoms with van der Waals surface area (Å²) in [7, 11) is 1.77. The maximum absolute atomic E-state index is 13.3. The van der Waals surface area contributed by atoms with E-state index in [4.69, 9.17) is 0 Å². The van der Waals surface area contributed by atoms with Gasteiger partial charge in [-0.15, -0.1) is 0 Å². The molecular weight excluding hydrogens is 463 g/mol. The Kier molecular flexibility index (Phi) is 6.94. The fourth-order valence-electron chi connectivity index (χ4n) is 2.82. The molecule has 9 heteroatoms. The van der Waals surface area contributed by atoms with Crippen molar-refractivity contribution < 1.29 is 22.7 Å². The molecule has 1 unspecified atom stereocenters. The lowest BCUT2D eigenvalue weighted by Crippen LogP contribution is -2.29. The molecule has 0 radical (unpaired) electrons. The van der Waals surface area contributed by atoms with E-state index >= 15 is 0 Å². The van der Waals surface area contributed by atoms with Crippen LogP contribution in [-0.4, -0.2) is 22.1 Å². The molecule has 0 aliphatic heterocycles. The average molecular weight is 480 g/mol. The second-order valence-corrected chi connectivity index (χ2v) is 7.20. The van der Waals surface area contributed by atoms with E-state index in [-0.39, 0.29) is 5.75 Å². The number of nitrogens with zero attached hydrogens (tertiary/aromatic N) is 2. The van der Waals surface area contributed by atoms with Crippen LogP contribution in [-0.2, 0) is 11.8 Å². The van der Waals surface area contributed by atoms with Crippen LogP contribution in [0.3, 0.4) is 0 Å². The number of imidazole rings is 1. The van der Waals surface area contributed by atoms with E-state index in [0.717, 1.165) is 0 Å². The van der Waals surface area contributed by atoms with Crippen molar-refractivity contribution in [3.05, 3.63) is 88.2 Å². The zero-order valence-electron chi connectivity index (χ0n) is 15.7. The lowest BCUT2D eigenvalue weighted by atomic mass is 10.1. The Balaban J connectivity index is 1.84. The highest BCUT2D eigenvalue weighted by atomic mass is 79.9. The smallest absolute Gasteiger partial charge is 0.387 e. The van der Waals surface area contributed by atoms with Crippen molar-refractivity contribution in [2.75, 3.05) is 0 Å². The summed E-state index contributed by atoms with van der Waals surface area (Å²) in [5.74, 6) is -0.399. The van der Waals surface area contributed by atoms with Gasteiger partial charge in [-0.1, -0.05) is 28.1 Å². The molecule has 0 spiro atoms. The molecule has 0 saturated heterocycles. The largest absolute Gasteiger partial charge is 0.434 e. The first-order valence-corrected chi connectivity index (χ1v) is 9.58. The quantitative estimate of drug-likeness (QED) is 0.493. The molecule has 1 N–H and O–H groups in total. The molecular formula is C21H17BrF3N3O2. The summed E-state index contributed by atoms with van der Waals surface area (Å²) >= 11 is 3.26. The molecule has 1 amide bonds. The Morgan fingerprint density at radius 1 is 1.23 bits per heavy atom. The summed E-state index contributed by atoms with van der Waals surface area (Å²) in [6.07, 6.45) is 5.89. The first-order valence-electron chi connectivity index (χ1n) is 8.79. The van der Waals surface area contributed by atoms with E-state index in [1.54, 1.807) is 48.3 Å². The van der Waals surface area contributed by atoms with E-state index in [9.17, 15) is 18.0 Å². The van der Waals surface area contributed by atoms with Crippen LogP contribution in [0.15, 0.2) is 65.4 Å². The maximum Gasteiger partial charge on any atom is 0.387 e. The van der Waals surface area contributed by atoms with E-state index in [0.29, 0.717) is 21.4 Å². The normalized spacial score (nSPS) is 12.3. The molecule has 1 atom stereocenters. The van der Waals surface area contributed by atoms with E-state index in [2.05, 4.69) is 31.0 Å². The third-order valence-corrected chi connectivity index (χ3v) is 4.70. The summed E-state index contributed by atoms with van der Waals surface area (Å²) in [5, 5.41) is 2.81. The van der Waals surface area contributed by atoms with Crippen LogP contribution in [0, 0.1) is 5.82 Å². The van der Waals surface area contributed by atoms with Gasteiger partial charge in [0.25, 0.3) is 0 Å². The molecule has 3 aromatic rings. The molecule has 1 heterocycles. The molecule has 156 valence electrons. The second-order valence-electron chi connectivity index (χ2n) is 6.28. The number of halogens is 4. The van der Waals surface area contributed by atoms with Gasteiger partial charge in [0.1, 0.15) is 23.4 Å². The number of benzene rings is 2. The number of hydrogen-bond acceptors (Lipinski definition) is 3. The van der Waals surface area contributed by atoms with Gasteiger partial charge >= 0.3 is 6.61 Å². The number of hydrogen-bond donors (Lipinski definition) is 1. The Morgan fingerprint density at radius 3 is 2.60 bits per heavy atom. The molecule has 3 rings (SSSR count). The lowest BCUT2D eigenvalue weighted by molar-refractivity contribution is -0.117. The van der Waals surface area contributed by atoms with Gasteiger partial charge in [0.05, 0.1) is 0 Å². The number of ether oxygens (including phenoxy) is 1. The number of aromatic nitrogens is 2. The number of carbonyl (C=O) groups excluding carboxylic acids is 1. The highest BCUT2D eigenvalue weighted by Gasteiger charge is 2.20. The SMILES string of the molecule is Cn1ccnc1C(NC(=O)/C=C/c1cc(Br)ccc1OC(F)F)c1ccc(F)cc1. The number of aryl methyl sites for hydroxylation is 1. The molecule has 2 aromatic carbocycles. The Hall–Kier alpha value is -3.07. The fraction of sp³-hybridized carbons (Fsp3) is 0.143. The number of rotatable bonds is 7. The minimum Gasteiger partial charge on any atom is -0.434 e. The highest BCUT2D eigenvalue weighted by molar-refractivity contribution is 9.10. The molecule has 1 aromatic heterocycles. The summed E-state index contributed by atoms with van der Waals surface area (Å²) in [6.45, 7) is -2.99. The van der Waals surface area contributed by atoms with Gasteiger partial charge in [0.2, 0.25) is 5.91 Å². The number of nitrogens with one attached hydrogen (secondary N) is 1. The Labute approximate surface area is 179 Å². The van der Waals surface area contributed by atoms with Crippen LogP contribution in [0.2, 0.25) is 0 Å². The van der Waals surface area contributed by atoms with Crippen LogP contribution in [0.1, 0.15) is 23.0 Å². The monoisotopic (exact) mass is 479 g/mol. The van der Waals surface area contributed by atoms with Gasteiger partial charge in [-0.05, 0) is 42.0 Å². The van der Waals surface area contributed by atoms with Crippen molar-refractivity contribution in [1.29, 1.82) is 0 Å². The third-order valence-electron chi connectivity index (χ3n) is 4.21. The molecule has 0 aliphatic rings. The van der Waals surface area contributed by atoms with Crippen molar-refractivity contribution in [1.82, 2.24) is 14.9 Å². The van der Waals surface area contributed by atoms with Crippen LogP contribution >= 0.6 is 15.9 Å². The molecule has 0 fully saturated rings. The molecule has 30 heavy (non-hydrogen) atoms. The van der Waals surface area contributed by atoms with Crippen molar-refractivity contribution in [2.24, 2.45) is 7.05 Å². The highest BCUT2D eigenvalue weighted by Crippen LogP contribution is 2.26. The van der Waals surface area contributed by atoms with E-state index < -0.39 is 24.4 Å². The predicted octanol–water partition coefficient (Wildman–Crippen LogP) is 4.84. The molecule has 0 bridgehead atoms. The van der Waals surface area contributed by atoms with Crippen LogP contribution in [0.25, 0.3) is 6.08 Å². The summed E-state index contributed by atoms with van der Waals surface area (Å²) in [4.78, 5) is 16.8. The van der Waals surface area contributed by atoms with Gasteiger partial charge < -0.3 is 14.6 Å². The fourth-order valence-corrected chi connectivity index (χ4v) is 3.19. The Bertz CT molecular complexity index is 1050. The van der Waals surface area contributed by atoms with Crippen molar-refractivity contribution >= 4 is 27.9 Å². The lowest BCUT2D eigenvalue weighted by Gasteiger charge is -2.18. The number of amides is 1. The zero-order chi connectivity index (χ0) is 21.7. The zero-order valence-corrected chi connectivity index (χ0v) is 17.3. The number of alkyl halides is 2. The van der Waals surface area contributed by atoms with Gasteiger partial charge in [-0.25, -0.2) is 9.37 Å². The minimum absolute atomic E-state index is 0.0589. The topological polar surface area (TPSA) is 56.2 Å². The van der Waals surface area contributed by atoms with Crippen LogP contribution < -0.4 is 10.1 Å². The van der Waals surface area contributed by atoms with Gasteiger partial charge in [-0.3, -0.25) is 4.79 Å². The molecule has 0 aliphatic carbocycles. The second kappa shape index (κ2) is 9.62. The van der Waals surface area contributed by atoms with Gasteiger partial charge in [0.15, 0.2) is 0 Å². The minimum atomic E-state index is -2.99. The van der Waals surface area contributed by atoms with Crippen LogP contribution in [0.4, 0.5) is 13.2 Å². The van der Waals surface area contributed by atoms with E-state index in [1.807, 2.05) is 0 Å². The maximum atomic E-state index is 13.3. The van der Waals surface area contributed by atoms with Crippen molar-refractivity contribution in [3.63, 3.8) is 0 Å².